The highest BCUT2D eigenvalue weighted by molar-refractivity contribution is 5.11. The number of aryl methyl sites for hydroxylation is 2. The highest BCUT2D eigenvalue weighted by atomic mass is 15.4. The molecule has 0 aliphatic carbocycles. The van der Waals surface area contributed by atoms with E-state index < -0.39 is 0 Å². The van der Waals surface area contributed by atoms with Crippen LogP contribution in [0.4, 0.5) is 0 Å². The molecule has 0 spiro atoms. The number of hydrogen-bond acceptors (Lipinski definition) is 2. The fourth-order valence-corrected chi connectivity index (χ4v) is 2.28. The molecular weight excluding hydrogens is 222 g/mol. The molecule has 18 heavy (non-hydrogen) atoms. The molecule has 0 aromatic carbocycles. The van der Waals surface area contributed by atoms with Crippen LogP contribution in [0.15, 0.2) is 0 Å². The molecule has 0 saturated heterocycles. The van der Waals surface area contributed by atoms with E-state index in [-0.39, 0.29) is 0 Å². The molecule has 0 atom stereocenters. The lowest BCUT2D eigenvalue weighted by molar-refractivity contribution is 0.495. The van der Waals surface area contributed by atoms with Crippen molar-refractivity contribution in [2.75, 3.05) is 0 Å². The van der Waals surface area contributed by atoms with Crippen molar-refractivity contribution in [1.82, 2.24) is 15.0 Å². The highest BCUT2D eigenvalue weighted by Crippen LogP contribution is 2.14. The summed E-state index contributed by atoms with van der Waals surface area (Å²) in [5.41, 5.74) is 2.60. The van der Waals surface area contributed by atoms with Crippen LogP contribution < -0.4 is 0 Å². The molecule has 1 rings (SSSR count). The summed E-state index contributed by atoms with van der Waals surface area (Å²) in [4.78, 5) is 0. The highest BCUT2D eigenvalue weighted by Gasteiger charge is 2.13. The zero-order chi connectivity index (χ0) is 13.4. The van der Waals surface area contributed by atoms with Crippen LogP contribution in [0.25, 0.3) is 0 Å². The molecule has 0 unspecified atom stereocenters. The summed E-state index contributed by atoms with van der Waals surface area (Å²) in [7, 11) is 0. The Bertz CT molecular complexity index is 328. The Morgan fingerprint density at radius 3 is 2.44 bits per heavy atom. The van der Waals surface area contributed by atoms with Crippen LogP contribution in [0.2, 0.25) is 0 Å². The minimum Gasteiger partial charge on any atom is -0.249 e. The van der Waals surface area contributed by atoms with Gasteiger partial charge in [0, 0.05) is 6.54 Å². The molecule has 0 bridgehead atoms. The van der Waals surface area contributed by atoms with Crippen molar-refractivity contribution >= 4 is 0 Å². The summed E-state index contributed by atoms with van der Waals surface area (Å²) in [5, 5.41) is 8.72. The topological polar surface area (TPSA) is 30.7 Å². The number of hydrogen-bond donors (Lipinski definition) is 0. The maximum absolute atomic E-state index is 4.37. The minimum atomic E-state index is 0.675. The summed E-state index contributed by atoms with van der Waals surface area (Å²) in [6.45, 7) is 10.0. The van der Waals surface area contributed by atoms with E-state index in [1.165, 1.54) is 37.1 Å². The van der Waals surface area contributed by atoms with E-state index in [9.17, 15) is 0 Å². The van der Waals surface area contributed by atoms with Gasteiger partial charge in [0.25, 0.3) is 0 Å². The third-order valence-electron chi connectivity index (χ3n) is 3.23. The molecule has 104 valence electrons. The van der Waals surface area contributed by atoms with E-state index in [0.717, 1.165) is 25.8 Å². The lowest BCUT2D eigenvalue weighted by Crippen LogP contribution is -2.09. The van der Waals surface area contributed by atoms with E-state index in [0.29, 0.717) is 5.92 Å². The molecule has 0 amide bonds. The second-order valence-corrected chi connectivity index (χ2v) is 5.61. The number of unbranched alkanes of at least 4 members (excludes halogenated alkanes) is 3. The first-order valence-electron chi connectivity index (χ1n) is 7.60. The molecule has 0 aliphatic heterocycles. The Labute approximate surface area is 112 Å². The maximum atomic E-state index is 4.37. The van der Waals surface area contributed by atoms with Crippen LogP contribution in [0, 0.1) is 5.92 Å². The summed E-state index contributed by atoms with van der Waals surface area (Å²) in [6.07, 6.45) is 8.48. The van der Waals surface area contributed by atoms with E-state index >= 15 is 0 Å². The van der Waals surface area contributed by atoms with Gasteiger partial charge in [-0.3, -0.25) is 0 Å². The number of rotatable bonds is 9. The van der Waals surface area contributed by atoms with Crippen LogP contribution in [-0.4, -0.2) is 15.0 Å². The van der Waals surface area contributed by atoms with E-state index in [1.54, 1.807) is 0 Å². The predicted molar refractivity (Wildman–Crippen MR) is 76.7 cm³/mol. The van der Waals surface area contributed by atoms with Gasteiger partial charge in [-0.15, -0.1) is 5.10 Å². The second kappa shape index (κ2) is 8.28. The van der Waals surface area contributed by atoms with Gasteiger partial charge >= 0.3 is 0 Å². The summed E-state index contributed by atoms with van der Waals surface area (Å²) < 4.78 is 2.15. The normalized spacial score (nSPS) is 11.4. The molecule has 0 N–H and O–H groups in total. The average Bonchev–Trinajstić information content (AvgIpc) is 2.68. The zero-order valence-electron chi connectivity index (χ0n) is 12.6. The molecule has 1 heterocycles. The van der Waals surface area contributed by atoms with Crippen molar-refractivity contribution < 1.29 is 0 Å². The fraction of sp³-hybridized carbons (Fsp3) is 0.867. The SMILES string of the molecule is CCCCCCn1nnc(CCC)c1CC(C)C. The predicted octanol–water partition coefficient (Wildman–Crippen LogP) is 4.01. The smallest absolute Gasteiger partial charge is 0.0859 e. The lowest BCUT2D eigenvalue weighted by atomic mass is 10.0. The van der Waals surface area contributed by atoms with Gasteiger partial charge in [0.05, 0.1) is 11.4 Å². The molecule has 1 aromatic rings. The molecule has 0 saturated carbocycles. The van der Waals surface area contributed by atoms with Gasteiger partial charge in [0.1, 0.15) is 0 Å². The molecule has 0 radical (unpaired) electrons. The molecule has 1 aromatic heterocycles. The Morgan fingerprint density at radius 2 is 1.83 bits per heavy atom. The average molecular weight is 251 g/mol. The largest absolute Gasteiger partial charge is 0.249 e. The Kier molecular flexibility index (Phi) is 6.99. The third kappa shape index (κ3) is 4.79. The van der Waals surface area contributed by atoms with Crippen LogP contribution in [0.3, 0.4) is 0 Å². The quantitative estimate of drug-likeness (QED) is 0.621. The van der Waals surface area contributed by atoms with Gasteiger partial charge in [-0.2, -0.15) is 0 Å². The molecular formula is C15H29N3. The number of aromatic nitrogens is 3. The van der Waals surface area contributed by atoms with Crippen molar-refractivity contribution in [2.45, 2.75) is 79.2 Å². The van der Waals surface area contributed by atoms with Crippen LogP contribution in [0.1, 0.15) is 71.2 Å². The van der Waals surface area contributed by atoms with Gasteiger partial charge in [-0.25, -0.2) is 4.68 Å². The number of nitrogens with zero attached hydrogens (tertiary/aromatic N) is 3. The summed E-state index contributed by atoms with van der Waals surface area (Å²) >= 11 is 0. The first-order chi connectivity index (χ1) is 8.69. The Balaban J connectivity index is 2.64. The molecule has 3 heteroatoms. The van der Waals surface area contributed by atoms with Crippen molar-refractivity contribution in [3.8, 4) is 0 Å². The summed E-state index contributed by atoms with van der Waals surface area (Å²) in [6, 6.07) is 0. The van der Waals surface area contributed by atoms with Crippen LogP contribution in [-0.2, 0) is 19.4 Å². The third-order valence-corrected chi connectivity index (χ3v) is 3.23. The Hall–Kier alpha value is -0.860. The maximum Gasteiger partial charge on any atom is 0.0859 e. The minimum absolute atomic E-state index is 0.675. The van der Waals surface area contributed by atoms with Gasteiger partial charge in [-0.1, -0.05) is 58.6 Å². The van der Waals surface area contributed by atoms with E-state index in [4.69, 9.17) is 0 Å². The van der Waals surface area contributed by atoms with Gasteiger partial charge < -0.3 is 0 Å². The van der Waals surface area contributed by atoms with Crippen molar-refractivity contribution in [3.05, 3.63) is 11.4 Å². The van der Waals surface area contributed by atoms with Crippen molar-refractivity contribution in [1.29, 1.82) is 0 Å². The van der Waals surface area contributed by atoms with E-state index in [2.05, 4.69) is 42.7 Å². The lowest BCUT2D eigenvalue weighted by Gasteiger charge is -2.10. The zero-order valence-corrected chi connectivity index (χ0v) is 12.6. The molecule has 0 aliphatic rings. The Morgan fingerprint density at radius 1 is 1.06 bits per heavy atom. The standard InChI is InChI=1S/C15H29N3/c1-5-7-8-9-11-18-15(12-13(3)4)14(10-6-2)16-17-18/h13H,5-12H2,1-4H3. The molecule has 0 fully saturated rings. The van der Waals surface area contributed by atoms with Crippen molar-refractivity contribution in [3.63, 3.8) is 0 Å². The first kappa shape index (κ1) is 15.2. The first-order valence-corrected chi connectivity index (χ1v) is 7.60. The molecule has 3 nitrogen and oxygen atoms in total. The fourth-order valence-electron chi connectivity index (χ4n) is 2.28. The second-order valence-electron chi connectivity index (χ2n) is 5.61. The van der Waals surface area contributed by atoms with E-state index in [1.807, 2.05) is 0 Å². The van der Waals surface area contributed by atoms with Gasteiger partial charge in [0.2, 0.25) is 0 Å². The van der Waals surface area contributed by atoms with Crippen LogP contribution >= 0.6 is 0 Å². The summed E-state index contributed by atoms with van der Waals surface area (Å²) in [5.74, 6) is 0.675. The monoisotopic (exact) mass is 251 g/mol. The van der Waals surface area contributed by atoms with Crippen molar-refractivity contribution in [2.24, 2.45) is 5.92 Å². The van der Waals surface area contributed by atoms with Crippen LogP contribution in [0.5, 0.6) is 0 Å². The van der Waals surface area contributed by atoms with Gasteiger partial charge in [0.15, 0.2) is 0 Å². The van der Waals surface area contributed by atoms with Gasteiger partial charge in [-0.05, 0) is 25.2 Å².